The molecule has 2 amide bonds. The highest BCUT2D eigenvalue weighted by molar-refractivity contribution is 7.99. The van der Waals surface area contributed by atoms with Crippen LogP contribution >= 0.6 is 23.1 Å². The molecule has 0 aromatic carbocycles. The van der Waals surface area contributed by atoms with Crippen LogP contribution in [-0.2, 0) is 18.3 Å². The van der Waals surface area contributed by atoms with Crippen molar-refractivity contribution in [2.45, 2.75) is 57.0 Å². The van der Waals surface area contributed by atoms with Crippen LogP contribution in [0.1, 0.15) is 59.7 Å². The van der Waals surface area contributed by atoms with Gasteiger partial charge in [-0.15, -0.1) is 10.2 Å². The zero-order valence-corrected chi connectivity index (χ0v) is 19.7. The Kier molecular flexibility index (Phi) is 7.87. The van der Waals surface area contributed by atoms with Crippen LogP contribution in [0.25, 0.3) is 0 Å². The predicted molar refractivity (Wildman–Crippen MR) is 120 cm³/mol. The Morgan fingerprint density at radius 1 is 1.23 bits per heavy atom. The first-order chi connectivity index (χ1) is 14.3. The molecule has 0 radical (unpaired) electrons. The van der Waals surface area contributed by atoms with E-state index in [0.717, 1.165) is 29.7 Å². The van der Waals surface area contributed by atoms with Crippen molar-refractivity contribution in [3.05, 3.63) is 16.4 Å². The molecule has 1 saturated carbocycles. The van der Waals surface area contributed by atoms with Crippen molar-refractivity contribution < 1.29 is 9.59 Å². The average molecular weight is 451 g/mol. The van der Waals surface area contributed by atoms with Gasteiger partial charge in [0.1, 0.15) is 10.7 Å². The topological polar surface area (TPSA) is 93.0 Å². The Morgan fingerprint density at radius 3 is 2.67 bits per heavy atom. The number of hydrogen-bond donors (Lipinski definition) is 1. The van der Waals surface area contributed by atoms with Gasteiger partial charge in [0.05, 0.1) is 11.4 Å². The third-order valence-electron chi connectivity index (χ3n) is 5.40. The van der Waals surface area contributed by atoms with E-state index in [-0.39, 0.29) is 17.6 Å². The van der Waals surface area contributed by atoms with Gasteiger partial charge in [0, 0.05) is 27.6 Å². The fraction of sp³-hybridized carbons (Fsp3) is 0.650. The molecule has 0 spiro atoms. The van der Waals surface area contributed by atoms with Crippen molar-refractivity contribution in [3.8, 4) is 0 Å². The zero-order chi connectivity index (χ0) is 21.7. The van der Waals surface area contributed by atoms with E-state index in [2.05, 4.69) is 20.5 Å². The first-order valence-electron chi connectivity index (χ1n) is 10.3. The SMILES string of the molecule is Cc1nc(NC(=O)CSc2nnc(CCC3CCCCC3)n2C)sc1C(=O)N(C)C. The van der Waals surface area contributed by atoms with E-state index in [1.54, 1.807) is 21.0 Å². The molecule has 164 valence electrons. The summed E-state index contributed by atoms with van der Waals surface area (Å²) in [5, 5.41) is 12.5. The van der Waals surface area contributed by atoms with Gasteiger partial charge in [0.2, 0.25) is 5.91 Å². The molecule has 1 aliphatic rings. The Hall–Kier alpha value is -1.94. The molecule has 1 aliphatic carbocycles. The van der Waals surface area contributed by atoms with E-state index < -0.39 is 0 Å². The largest absolute Gasteiger partial charge is 0.344 e. The zero-order valence-electron chi connectivity index (χ0n) is 18.1. The first kappa shape index (κ1) is 22.7. The number of thioether (sulfide) groups is 1. The lowest BCUT2D eigenvalue weighted by Gasteiger charge is -2.20. The Labute approximate surface area is 185 Å². The number of amides is 2. The van der Waals surface area contributed by atoms with E-state index in [1.165, 1.54) is 60.1 Å². The molecule has 8 nitrogen and oxygen atoms in total. The minimum atomic E-state index is -0.177. The molecule has 30 heavy (non-hydrogen) atoms. The molecular weight excluding hydrogens is 420 g/mol. The fourth-order valence-electron chi connectivity index (χ4n) is 3.63. The second-order valence-electron chi connectivity index (χ2n) is 7.97. The summed E-state index contributed by atoms with van der Waals surface area (Å²) in [4.78, 5) is 30.8. The smallest absolute Gasteiger partial charge is 0.265 e. The summed E-state index contributed by atoms with van der Waals surface area (Å²) < 4.78 is 1.99. The molecule has 3 rings (SSSR count). The van der Waals surface area contributed by atoms with Gasteiger partial charge in [-0.1, -0.05) is 55.2 Å². The van der Waals surface area contributed by atoms with Gasteiger partial charge >= 0.3 is 0 Å². The molecule has 2 heterocycles. The van der Waals surface area contributed by atoms with Gasteiger partial charge < -0.3 is 14.8 Å². The van der Waals surface area contributed by atoms with E-state index in [4.69, 9.17) is 0 Å². The summed E-state index contributed by atoms with van der Waals surface area (Å²) in [6, 6.07) is 0. The number of aryl methyl sites for hydroxylation is 2. The van der Waals surface area contributed by atoms with Gasteiger partial charge in [-0.25, -0.2) is 4.98 Å². The molecule has 1 N–H and O–H groups in total. The summed E-state index contributed by atoms with van der Waals surface area (Å²) >= 11 is 2.55. The third kappa shape index (κ3) is 5.81. The summed E-state index contributed by atoms with van der Waals surface area (Å²) in [5.41, 5.74) is 0.623. The van der Waals surface area contributed by atoms with Crippen molar-refractivity contribution in [2.24, 2.45) is 13.0 Å². The molecule has 1 fully saturated rings. The van der Waals surface area contributed by atoms with Crippen LogP contribution in [-0.4, -0.2) is 56.3 Å². The number of aromatic nitrogens is 4. The lowest BCUT2D eigenvalue weighted by molar-refractivity contribution is -0.113. The number of rotatable bonds is 8. The van der Waals surface area contributed by atoms with Crippen molar-refractivity contribution in [2.75, 3.05) is 25.2 Å². The van der Waals surface area contributed by atoms with Gasteiger partial charge in [0.15, 0.2) is 10.3 Å². The van der Waals surface area contributed by atoms with Crippen molar-refractivity contribution in [1.29, 1.82) is 0 Å². The average Bonchev–Trinajstić information content (AvgIpc) is 3.26. The monoisotopic (exact) mass is 450 g/mol. The van der Waals surface area contributed by atoms with Crippen molar-refractivity contribution >= 4 is 40.0 Å². The van der Waals surface area contributed by atoms with E-state index >= 15 is 0 Å². The second kappa shape index (κ2) is 10.4. The highest BCUT2D eigenvalue weighted by atomic mass is 32.2. The maximum atomic E-state index is 12.3. The van der Waals surface area contributed by atoms with Crippen LogP contribution < -0.4 is 5.32 Å². The van der Waals surface area contributed by atoms with Crippen LogP contribution in [0.2, 0.25) is 0 Å². The number of anilines is 1. The van der Waals surface area contributed by atoms with Crippen LogP contribution in [0.15, 0.2) is 5.16 Å². The lowest BCUT2D eigenvalue weighted by atomic mass is 9.86. The molecular formula is C20H30N6O2S2. The molecule has 10 heteroatoms. The van der Waals surface area contributed by atoms with Crippen LogP contribution in [0.5, 0.6) is 0 Å². The minimum Gasteiger partial charge on any atom is -0.344 e. The minimum absolute atomic E-state index is 0.111. The molecule has 0 atom stereocenters. The molecule has 2 aromatic rings. The van der Waals surface area contributed by atoms with Gasteiger partial charge in [-0.2, -0.15) is 0 Å². The molecule has 0 aliphatic heterocycles. The second-order valence-corrected chi connectivity index (χ2v) is 9.91. The Morgan fingerprint density at radius 2 is 1.97 bits per heavy atom. The summed E-state index contributed by atoms with van der Waals surface area (Å²) in [6.07, 6.45) is 8.83. The number of thiazole rings is 1. The molecule has 0 bridgehead atoms. The van der Waals surface area contributed by atoms with Crippen molar-refractivity contribution in [1.82, 2.24) is 24.6 Å². The number of carbonyl (C=O) groups excluding carboxylic acids is 2. The summed E-state index contributed by atoms with van der Waals surface area (Å²) in [5.74, 6) is 1.71. The number of hydrogen-bond acceptors (Lipinski definition) is 7. The number of carbonyl (C=O) groups is 2. The normalized spacial score (nSPS) is 14.7. The highest BCUT2D eigenvalue weighted by Crippen LogP contribution is 2.28. The number of nitrogens with one attached hydrogen (secondary N) is 1. The molecule has 2 aromatic heterocycles. The van der Waals surface area contributed by atoms with Gasteiger partial charge in [-0.3, -0.25) is 9.59 Å². The number of nitrogens with zero attached hydrogens (tertiary/aromatic N) is 5. The molecule has 0 unspecified atom stereocenters. The predicted octanol–water partition coefficient (Wildman–Crippen LogP) is 3.53. The third-order valence-corrected chi connectivity index (χ3v) is 7.48. The summed E-state index contributed by atoms with van der Waals surface area (Å²) in [6.45, 7) is 1.77. The Balaban J connectivity index is 1.49. The first-order valence-corrected chi connectivity index (χ1v) is 12.2. The van der Waals surface area contributed by atoms with E-state index in [1.807, 2.05) is 11.6 Å². The highest BCUT2D eigenvalue weighted by Gasteiger charge is 2.19. The van der Waals surface area contributed by atoms with Crippen molar-refractivity contribution in [3.63, 3.8) is 0 Å². The maximum absolute atomic E-state index is 12.3. The standard InChI is InChI=1S/C20H30N6O2S2/c1-13-17(18(28)25(2)3)30-19(21-13)22-16(27)12-29-20-24-23-15(26(20)4)11-10-14-8-6-5-7-9-14/h14H,5-12H2,1-4H3,(H,21,22,27). The Bertz CT molecular complexity index is 886. The summed E-state index contributed by atoms with van der Waals surface area (Å²) in [7, 11) is 5.35. The lowest BCUT2D eigenvalue weighted by Crippen LogP contribution is -2.21. The van der Waals surface area contributed by atoms with Crippen LogP contribution in [0, 0.1) is 12.8 Å². The van der Waals surface area contributed by atoms with E-state index in [9.17, 15) is 9.59 Å². The van der Waals surface area contributed by atoms with E-state index in [0.29, 0.717) is 15.7 Å². The van der Waals surface area contributed by atoms with Crippen LogP contribution in [0.4, 0.5) is 5.13 Å². The van der Waals surface area contributed by atoms with Gasteiger partial charge in [0.25, 0.3) is 5.91 Å². The molecule has 0 saturated heterocycles. The van der Waals surface area contributed by atoms with Gasteiger partial charge in [-0.05, 0) is 19.3 Å². The maximum Gasteiger partial charge on any atom is 0.265 e. The van der Waals surface area contributed by atoms with Crippen LogP contribution in [0.3, 0.4) is 0 Å². The fourth-order valence-corrected chi connectivity index (χ4v) is 5.37. The quantitative estimate of drug-likeness (QED) is 0.619.